The topological polar surface area (TPSA) is 78.9 Å². The first-order valence-corrected chi connectivity index (χ1v) is 8.49. The fourth-order valence-electron chi connectivity index (χ4n) is 1.99. The molecule has 2 N–H and O–H groups in total. The van der Waals surface area contributed by atoms with Crippen LogP contribution in [0.1, 0.15) is 11.1 Å². The van der Waals surface area contributed by atoms with E-state index in [1.165, 1.54) is 20.5 Å². The molecule has 0 saturated carbocycles. The zero-order valence-corrected chi connectivity index (χ0v) is 13.2. The average Bonchev–Trinajstić information content (AvgIpc) is 3.06. The zero-order chi connectivity index (χ0) is 14.3. The number of carboxylic acid groups (broad SMARTS) is 1. The van der Waals surface area contributed by atoms with Gasteiger partial charge in [-0.15, -0.1) is 27.8 Å². The maximum absolute atomic E-state index is 10.5. The van der Waals surface area contributed by atoms with Crippen molar-refractivity contribution in [2.24, 2.45) is 0 Å². The van der Waals surface area contributed by atoms with E-state index in [0.717, 1.165) is 16.6 Å². The SMILES string of the molecule is Cc1csc2sc(-c3nc(SCC(=O)O)n[nH]3)c(C)c12. The number of H-pyrrole nitrogens is 1. The molecule has 0 fully saturated rings. The molecule has 0 saturated heterocycles. The minimum Gasteiger partial charge on any atom is -0.481 e. The summed E-state index contributed by atoms with van der Waals surface area (Å²) in [5, 5.41) is 19.5. The largest absolute Gasteiger partial charge is 0.481 e. The van der Waals surface area contributed by atoms with Gasteiger partial charge in [0.05, 0.1) is 14.6 Å². The van der Waals surface area contributed by atoms with Gasteiger partial charge in [0, 0.05) is 5.39 Å². The lowest BCUT2D eigenvalue weighted by Crippen LogP contribution is -1.97. The number of hydrogen-bond acceptors (Lipinski definition) is 6. The molecule has 0 spiro atoms. The fourth-order valence-corrected chi connectivity index (χ4v) is 4.98. The third kappa shape index (κ3) is 2.34. The molecule has 20 heavy (non-hydrogen) atoms. The minimum atomic E-state index is -0.871. The molecule has 3 heterocycles. The number of rotatable bonds is 4. The number of nitrogens with one attached hydrogen (secondary N) is 1. The molecular weight excluding hydrogens is 314 g/mol. The second kappa shape index (κ2) is 5.19. The molecule has 5 nitrogen and oxygen atoms in total. The van der Waals surface area contributed by atoms with E-state index in [0.29, 0.717) is 11.0 Å². The Morgan fingerprint density at radius 1 is 1.50 bits per heavy atom. The zero-order valence-electron chi connectivity index (χ0n) is 10.8. The molecule has 0 aliphatic carbocycles. The maximum Gasteiger partial charge on any atom is 0.313 e. The number of fused-ring (bicyclic) bond motifs is 1. The number of nitrogens with zero attached hydrogens (tertiary/aromatic N) is 2. The van der Waals surface area contributed by atoms with Crippen LogP contribution in [-0.2, 0) is 4.79 Å². The van der Waals surface area contributed by atoms with Gasteiger partial charge in [0.15, 0.2) is 5.82 Å². The van der Waals surface area contributed by atoms with Crippen molar-refractivity contribution in [3.63, 3.8) is 0 Å². The van der Waals surface area contributed by atoms with E-state index in [2.05, 4.69) is 34.4 Å². The van der Waals surface area contributed by atoms with E-state index in [1.807, 2.05) is 0 Å². The van der Waals surface area contributed by atoms with Crippen LogP contribution in [0.25, 0.3) is 20.1 Å². The van der Waals surface area contributed by atoms with Gasteiger partial charge in [-0.1, -0.05) is 11.8 Å². The Hall–Kier alpha value is -1.38. The number of carboxylic acids is 1. The number of thiophene rings is 2. The molecule has 3 aromatic heterocycles. The van der Waals surface area contributed by atoms with Crippen LogP contribution in [0.4, 0.5) is 0 Å². The Bertz CT molecular complexity index is 787. The van der Waals surface area contributed by atoms with Gasteiger partial charge in [-0.2, -0.15) is 0 Å². The smallest absolute Gasteiger partial charge is 0.313 e. The predicted octanol–water partition coefficient (Wildman–Crippen LogP) is 3.54. The van der Waals surface area contributed by atoms with Gasteiger partial charge >= 0.3 is 5.97 Å². The lowest BCUT2D eigenvalue weighted by atomic mass is 10.1. The second-order valence-corrected chi connectivity index (χ2v) is 7.39. The van der Waals surface area contributed by atoms with E-state index in [4.69, 9.17) is 5.11 Å². The van der Waals surface area contributed by atoms with Crippen LogP contribution in [0.2, 0.25) is 0 Å². The summed E-state index contributed by atoms with van der Waals surface area (Å²) in [5.41, 5.74) is 2.49. The summed E-state index contributed by atoms with van der Waals surface area (Å²) in [6.07, 6.45) is 0. The minimum absolute atomic E-state index is 0.0328. The number of aromatic amines is 1. The van der Waals surface area contributed by atoms with Crippen molar-refractivity contribution in [2.45, 2.75) is 19.0 Å². The van der Waals surface area contributed by atoms with E-state index in [9.17, 15) is 4.79 Å². The van der Waals surface area contributed by atoms with Gasteiger partial charge in [0.2, 0.25) is 5.16 Å². The van der Waals surface area contributed by atoms with Gasteiger partial charge in [-0.3, -0.25) is 9.89 Å². The molecule has 104 valence electrons. The van der Waals surface area contributed by atoms with E-state index >= 15 is 0 Å². The summed E-state index contributed by atoms with van der Waals surface area (Å²) in [5.74, 6) is -0.192. The molecule has 0 atom stereocenters. The summed E-state index contributed by atoms with van der Waals surface area (Å²) in [6.45, 7) is 4.19. The number of hydrogen-bond donors (Lipinski definition) is 2. The first kappa shape index (κ1) is 13.6. The first-order valence-electron chi connectivity index (χ1n) is 5.81. The van der Waals surface area contributed by atoms with Crippen LogP contribution >= 0.6 is 34.4 Å². The number of aliphatic carboxylic acids is 1. The molecule has 0 aliphatic rings. The van der Waals surface area contributed by atoms with Crippen LogP contribution in [0, 0.1) is 13.8 Å². The highest BCUT2D eigenvalue weighted by Gasteiger charge is 2.17. The monoisotopic (exact) mass is 325 g/mol. The molecule has 3 aromatic rings. The molecule has 0 aromatic carbocycles. The number of carbonyl (C=O) groups is 1. The highest BCUT2D eigenvalue weighted by atomic mass is 32.2. The molecule has 0 radical (unpaired) electrons. The van der Waals surface area contributed by atoms with Crippen molar-refractivity contribution in [3.8, 4) is 10.7 Å². The van der Waals surface area contributed by atoms with Crippen LogP contribution in [-0.4, -0.2) is 32.0 Å². The molecule has 3 rings (SSSR count). The summed E-state index contributed by atoms with van der Waals surface area (Å²) in [7, 11) is 0. The number of aromatic nitrogens is 3. The predicted molar refractivity (Wildman–Crippen MR) is 82.9 cm³/mol. The van der Waals surface area contributed by atoms with Crippen LogP contribution in [0.3, 0.4) is 0 Å². The molecule has 0 unspecified atom stereocenters. The Balaban J connectivity index is 1.95. The number of thioether (sulfide) groups is 1. The average molecular weight is 325 g/mol. The van der Waals surface area contributed by atoms with Crippen molar-refractivity contribution in [2.75, 3.05) is 5.75 Å². The number of aryl methyl sites for hydroxylation is 2. The van der Waals surface area contributed by atoms with Gasteiger partial charge in [-0.05, 0) is 30.4 Å². The van der Waals surface area contributed by atoms with Crippen LogP contribution in [0.15, 0.2) is 10.5 Å². The van der Waals surface area contributed by atoms with Crippen LogP contribution < -0.4 is 0 Å². The normalized spacial score (nSPS) is 11.3. The third-order valence-electron chi connectivity index (χ3n) is 2.86. The van der Waals surface area contributed by atoms with Crippen molar-refractivity contribution < 1.29 is 9.90 Å². The first-order chi connectivity index (χ1) is 9.56. The van der Waals surface area contributed by atoms with Gasteiger partial charge < -0.3 is 5.11 Å². The van der Waals surface area contributed by atoms with E-state index in [1.54, 1.807) is 22.7 Å². The summed E-state index contributed by atoms with van der Waals surface area (Å²) < 4.78 is 1.28. The van der Waals surface area contributed by atoms with Gasteiger partial charge in [-0.25, -0.2) is 4.98 Å². The van der Waals surface area contributed by atoms with Crippen molar-refractivity contribution in [1.29, 1.82) is 0 Å². The molecule has 0 amide bonds. The summed E-state index contributed by atoms with van der Waals surface area (Å²) >= 11 is 4.55. The molecule has 8 heteroatoms. The lowest BCUT2D eigenvalue weighted by molar-refractivity contribution is -0.133. The Labute approximate surface area is 127 Å². The Kier molecular flexibility index (Phi) is 3.53. The quantitative estimate of drug-likeness (QED) is 0.717. The molecule has 0 bridgehead atoms. The Morgan fingerprint density at radius 2 is 2.30 bits per heavy atom. The third-order valence-corrected chi connectivity index (χ3v) is 6.21. The summed E-state index contributed by atoms with van der Waals surface area (Å²) in [6, 6.07) is 0. The highest BCUT2D eigenvalue weighted by Crippen LogP contribution is 2.41. The highest BCUT2D eigenvalue weighted by molar-refractivity contribution is 7.99. The lowest BCUT2D eigenvalue weighted by Gasteiger charge is -1.94. The fraction of sp³-hybridized carbons (Fsp3) is 0.250. The van der Waals surface area contributed by atoms with Crippen molar-refractivity contribution in [3.05, 3.63) is 16.5 Å². The van der Waals surface area contributed by atoms with Crippen molar-refractivity contribution >= 4 is 49.8 Å². The van der Waals surface area contributed by atoms with Crippen molar-refractivity contribution in [1.82, 2.24) is 15.2 Å². The maximum atomic E-state index is 10.5. The summed E-state index contributed by atoms with van der Waals surface area (Å²) in [4.78, 5) is 16.0. The van der Waals surface area contributed by atoms with Gasteiger partial charge in [0.1, 0.15) is 0 Å². The molecule has 0 aliphatic heterocycles. The van der Waals surface area contributed by atoms with E-state index < -0.39 is 5.97 Å². The molecular formula is C12H11N3O2S3. The van der Waals surface area contributed by atoms with Crippen LogP contribution in [0.5, 0.6) is 0 Å². The second-order valence-electron chi connectivity index (χ2n) is 4.29. The standard InChI is InChI=1S/C12H11N3O2S3/c1-5-3-18-11-8(5)6(2)9(20-11)10-13-12(15-14-10)19-4-7(16)17/h3H,4H2,1-2H3,(H,16,17)(H,13,14,15). The van der Waals surface area contributed by atoms with E-state index in [-0.39, 0.29) is 5.75 Å². The van der Waals surface area contributed by atoms with Gasteiger partial charge in [0.25, 0.3) is 0 Å². The Morgan fingerprint density at radius 3 is 3.00 bits per heavy atom.